The molecule has 0 radical (unpaired) electrons. The van der Waals surface area contributed by atoms with Crippen LogP contribution in [-0.4, -0.2) is 37.4 Å². The number of hydrogen-bond donors (Lipinski definition) is 2. The Morgan fingerprint density at radius 2 is 1.96 bits per heavy atom. The highest BCUT2D eigenvalue weighted by atomic mass is 16.5. The zero-order chi connectivity index (χ0) is 18.4. The van der Waals surface area contributed by atoms with Crippen LogP contribution in [0.3, 0.4) is 0 Å². The lowest BCUT2D eigenvalue weighted by Gasteiger charge is -2.29. The van der Waals surface area contributed by atoms with Gasteiger partial charge in [-0.25, -0.2) is 0 Å². The second-order valence-electron chi connectivity index (χ2n) is 6.12. The summed E-state index contributed by atoms with van der Waals surface area (Å²) in [5, 5.41) is 11.8. The molecule has 0 atom stereocenters. The van der Waals surface area contributed by atoms with Crippen LogP contribution in [0.25, 0.3) is 6.08 Å². The second kappa shape index (κ2) is 8.51. The number of nitrogens with two attached hydrogens (primary N) is 1. The van der Waals surface area contributed by atoms with E-state index in [9.17, 15) is 10.0 Å². The number of carbonyl (C=O) groups is 1. The fourth-order valence-corrected chi connectivity index (χ4v) is 2.97. The van der Waals surface area contributed by atoms with Crippen LogP contribution < -0.4 is 15.7 Å². The number of anilines is 2. The van der Waals surface area contributed by atoms with Crippen molar-refractivity contribution in [1.29, 1.82) is 0 Å². The largest absolute Gasteiger partial charge is 0.378 e. The predicted octanol–water partition coefficient (Wildman–Crippen LogP) is 2.42. The molecule has 0 aliphatic carbocycles. The minimum Gasteiger partial charge on any atom is -0.378 e. The molecule has 1 amide bonds. The van der Waals surface area contributed by atoms with Crippen LogP contribution in [0.4, 0.5) is 11.4 Å². The summed E-state index contributed by atoms with van der Waals surface area (Å²) in [7, 11) is 0. The number of ether oxygens (including phenoxy) is 1. The van der Waals surface area contributed by atoms with Crippen molar-refractivity contribution in [2.75, 3.05) is 36.3 Å². The zero-order valence-corrected chi connectivity index (χ0v) is 14.5. The number of carbonyl (C=O) groups excluding carboxylic acids is 1. The predicted molar refractivity (Wildman–Crippen MR) is 102 cm³/mol. The third-order valence-electron chi connectivity index (χ3n) is 4.26. The van der Waals surface area contributed by atoms with Crippen LogP contribution in [0.15, 0.2) is 54.6 Å². The van der Waals surface area contributed by atoms with Gasteiger partial charge >= 0.3 is 0 Å². The number of nitrogens with zero attached hydrogens (tertiary/aromatic N) is 2. The Balaban J connectivity index is 1.76. The molecule has 6 nitrogen and oxygen atoms in total. The molecule has 3 N–H and O–H groups in total. The summed E-state index contributed by atoms with van der Waals surface area (Å²) in [4.78, 5) is 13.3. The van der Waals surface area contributed by atoms with Crippen molar-refractivity contribution in [3.63, 3.8) is 0 Å². The van der Waals surface area contributed by atoms with Crippen molar-refractivity contribution in [3.8, 4) is 0 Å². The Morgan fingerprint density at radius 1 is 1.19 bits per heavy atom. The Labute approximate surface area is 153 Å². The summed E-state index contributed by atoms with van der Waals surface area (Å²) in [5.41, 5.74) is 8.61. The summed E-state index contributed by atoms with van der Waals surface area (Å²) in [5.74, 6) is -0.525. The smallest absolute Gasteiger partial charge is 0.241 e. The van der Waals surface area contributed by atoms with E-state index in [2.05, 4.69) is 17.0 Å². The van der Waals surface area contributed by atoms with Gasteiger partial charge in [0.1, 0.15) is 0 Å². The molecule has 1 fully saturated rings. The van der Waals surface area contributed by atoms with Gasteiger partial charge in [0, 0.05) is 30.4 Å². The van der Waals surface area contributed by atoms with Gasteiger partial charge in [0.05, 0.1) is 25.4 Å². The number of primary amides is 1. The molecule has 26 heavy (non-hydrogen) atoms. The Hall–Kier alpha value is -2.83. The zero-order valence-electron chi connectivity index (χ0n) is 14.5. The molecular weight excluding hydrogens is 330 g/mol. The summed E-state index contributed by atoms with van der Waals surface area (Å²) in [6, 6.07) is 15.4. The average molecular weight is 353 g/mol. The summed E-state index contributed by atoms with van der Waals surface area (Å²) < 4.78 is 5.40. The molecule has 1 aliphatic rings. The van der Waals surface area contributed by atoms with Gasteiger partial charge in [0.15, 0.2) is 0 Å². The fourth-order valence-electron chi connectivity index (χ4n) is 2.97. The Kier molecular flexibility index (Phi) is 5.88. The second-order valence-corrected chi connectivity index (χ2v) is 6.12. The van der Waals surface area contributed by atoms with E-state index < -0.39 is 5.91 Å². The maximum absolute atomic E-state index is 11.0. The molecule has 1 aliphatic heterocycles. The van der Waals surface area contributed by atoms with E-state index in [4.69, 9.17) is 10.5 Å². The Bertz CT molecular complexity index is 785. The molecule has 3 rings (SSSR count). The van der Waals surface area contributed by atoms with Gasteiger partial charge in [-0.1, -0.05) is 30.3 Å². The number of hydroxylamine groups is 1. The third kappa shape index (κ3) is 4.62. The SMILES string of the molecule is NC(=O)/C=C/c1ccccc1N(O)Cc1cccc(N2CCOCC2)c1. The van der Waals surface area contributed by atoms with Gasteiger partial charge in [-0.05, 0) is 29.8 Å². The first kappa shape index (κ1) is 18.0. The van der Waals surface area contributed by atoms with Gasteiger partial charge < -0.3 is 15.4 Å². The molecule has 1 saturated heterocycles. The molecule has 1 heterocycles. The highest BCUT2D eigenvalue weighted by Gasteiger charge is 2.13. The minimum atomic E-state index is -0.525. The lowest BCUT2D eigenvalue weighted by atomic mass is 10.1. The van der Waals surface area contributed by atoms with Crippen LogP contribution in [0, 0.1) is 0 Å². The molecule has 0 saturated carbocycles. The Morgan fingerprint density at radius 3 is 2.73 bits per heavy atom. The highest BCUT2D eigenvalue weighted by molar-refractivity contribution is 5.91. The summed E-state index contributed by atoms with van der Waals surface area (Å²) in [6.07, 6.45) is 2.89. The standard InChI is InChI=1S/C20H23N3O3/c21-20(24)9-8-17-5-1-2-7-19(17)23(25)15-16-4-3-6-18(14-16)22-10-12-26-13-11-22/h1-9,14,25H,10-13,15H2,(H2,21,24)/b9-8+. The van der Waals surface area contributed by atoms with E-state index in [1.165, 1.54) is 11.1 Å². The van der Waals surface area contributed by atoms with E-state index in [-0.39, 0.29) is 0 Å². The van der Waals surface area contributed by atoms with Gasteiger partial charge in [-0.2, -0.15) is 0 Å². The van der Waals surface area contributed by atoms with Gasteiger partial charge in [0.25, 0.3) is 0 Å². The van der Waals surface area contributed by atoms with Crippen molar-refractivity contribution in [2.45, 2.75) is 6.54 Å². The molecule has 6 heteroatoms. The molecule has 2 aromatic rings. The first-order valence-corrected chi connectivity index (χ1v) is 8.58. The molecule has 2 aromatic carbocycles. The maximum atomic E-state index is 11.0. The minimum absolute atomic E-state index is 0.333. The summed E-state index contributed by atoms with van der Waals surface area (Å²) in [6.45, 7) is 3.53. The van der Waals surface area contributed by atoms with E-state index in [0.29, 0.717) is 12.2 Å². The molecule has 136 valence electrons. The number of para-hydroxylation sites is 1. The topological polar surface area (TPSA) is 79.0 Å². The molecule has 0 aromatic heterocycles. The van der Waals surface area contributed by atoms with Crippen LogP contribution in [0.5, 0.6) is 0 Å². The third-order valence-corrected chi connectivity index (χ3v) is 4.26. The van der Waals surface area contributed by atoms with Crippen molar-refractivity contribution >= 4 is 23.4 Å². The summed E-state index contributed by atoms with van der Waals surface area (Å²) >= 11 is 0. The number of rotatable bonds is 6. The number of hydrogen-bond acceptors (Lipinski definition) is 5. The molecule has 0 spiro atoms. The number of amides is 1. The molecular formula is C20H23N3O3. The maximum Gasteiger partial charge on any atom is 0.241 e. The van der Waals surface area contributed by atoms with Crippen LogP contribution in [0.1, 0.15) is 11.1 Å². The van der Waals surface area contributed by atoms with Crippen LogP contribution in [-0.2, 0) is 16.1 Å². The monoisotopic (exact) mass is 353 g/mol. The van der Waals surface area contributed by atoms with Crippen LogP contribution >= 0.6 is 0 Å². The lowest BCUT2D eigenvalue weighted by Crippen LogP contribution is -2.36. The first-order valence-electron chi connectivity index (χ1n) is 8.58. The first-order chi connectivity index (χ1) is 12.6. The van der Waals surface area contributed by atoms with Crippen LogP contribution in [0.2, 0.25) is 0 Å². The van der Waals surface area contributed by atoms with Crippen molar-refractivity contribution < 1.29 is 14.7 Å². The number of morpholine rings is 1. The fraction of sp³-hybridized carbons (Fsp3) is 0.250. The quantitative estimate of drug-likeness (QED) is 0.616. The lowest BCUT2D eigenvalue weighted by molar-refractivity contribution is -0.113. The highest BCUT2D eigenvalue weighted by Crippen LogP contribution is 2.24. The van der Waals surface area contributed by atoms with E-state index in [1.807, 2.05) is 30.3 Å². The normalized spacial score (nSPS) is 14.6. The van der Waals surface area contributed by atoms with Gasteiger partial charge in [0.2, 0.25) is 5.91 Å². The number of benzene rings is 2. The molecule has 0 bridgehead atoms. The molecule has 0 unspecified atom stereocenters. The van der Waals surface area contributed by atoms with Gasteiger partial charge in [-0.15, -0.1) is 0 Å². The van der Waals surface area contributed by atoms with E-state index in [0.717, 1.165) is 43.1 Å². The van der Waals surface area contributed by atoms with E-state index >= 15 is 0 Å². The van der Waals surface area contributed by atoms with Gasteiger partial charge in [-0.3, -0.25) is 15.1 Å². The van der Waals surface area contributed by atoms with Crippen molar-refractivity contribution in [1.82, 2.24) is 0 Å². The van der Waals surface area contributed by atoms with Crippen molar-refractivity contribution in [3.05, 3.63) is 65.7 Å². The van der Waals surface area contributed by atoms with Crippen molar-refractivity contribution in [2.24, 2.45) is 5.73 Å². The average Bonchev–Trinajstić information content (AvgIpc) is 2.67. The van der Waals surface area contributed by atoms with E-state index in [1.54, 1.807) is 12.1 Å².